The molecule has 1 aromatic heterocycles. The van der Waals surface area contributed by atoms with E-state index in [0.29, 0.717) is 18.2 Å². The van der Waals surface area contributed by atoms with E-state index in [-0.39, 0.29) is 0 Å². The van der Waals surface area contributed by atoms with E-state index in [1.165, 1.54) is 10.9 Å². The number of rotatable bonds is 3. The molecule has 8 heteroatoms. The topological polar surface area (TPSA) is 68.2 Å². The van der Waals surface area contributed by atoms with E-state index in [0.717, 1.165) is 11.6 Å². The van der Waals surface area contributed by atoms with Gasteiger partial charge in [-0.2, -0.15) is 18.3 Å². The van der Waals surface area contributed by atoms with Gasteiger partial charge in [0.2, 0.25) is 0 Å². The Hall–Kier alpha value is -2.51. The molecule has 1 aromatic carbocycles. The first-order valence-corrected chi connectivity index (χ1v) is 6.08. The van der Waals surface area contributed by atoms with Gasteiger partial charge >= 0.3 is 6.18 Å². The zero-order valence-electron chi connectivity index (χ0n) is 11.2. The summed E-state index contributed by atoms with van der Waals surface area (Å²) in [6.45, 7) is 0.483. The summed E-state index contributed by atoms with van der Waals surface area (Å²) in [4.78, 5) is 3.76. The molecule has 0 aliphatic heterocycles. The summed E-state index contributed by atoms with van der Waals surface area (Å²) in [6, 6.07) is 7.86. The predicted octanol–water partition coefficient (Wildman–Crippen LogP) is 1.93. The summed E-state index contributed by atoms with van der Waals surface area (Å²) in [7, 11) is 1.57. The smallest absolute Gasteiger partial charge is 0.370 e. The molecule has 0 unspecified atom stereocenters. The van der Waals surface area contributed by atoms with Crippen molar-refractivity contribution in [1.82, 2.24) is 15.1 Å². The fourth-order valence-corrected chi connectivity index (χ4v) is 1.66. The summed E-state index contributed by atoms with van der Waals surface area (Å²) in [5.74, 6) is 0.320. The second kappa shape index (κ2) is 5.86. The first-order chi connectivity index (χ1) is 9.90. The molecule has 0 aliphatic rings. The normalized spacial score (nSPS) is 12.5. The van der Waals surface area contributed by atoms with E-state index >= 15 is 0 Å². The summed E-state index contributed by atoms with van der Waals surface area (Å²) >= 11 is 0. The lowest BCUT2D eigenvalue weighted by Crippen LogP contribution is -2.30. The van der Waals surface area contributed by atoms with Crippen LogP contribution in [-0.4, -0.2) is 22.8 Å². The van der Waals surface area contributed by atoms with Crippen molar-refractivity contribution in [2.24, 2.45) is 10.7 Å². The van der Waals surface area contributed by atoms with Crippen LogP contribution >= 0.6 is 0 Å². The highest BCUT2D eigenvalue weighted by Gasteiger charge is 2.33. The summed E-state index contributed by atoms with van der Waals surface area (Å²) in [6.07, 6.45) is -3.16. The molecule has 0 atom stereocenters. The van der Waals surface area contributed by atoms with E-state index in [2.05, 4.69) is 15.4 Å². The van der Waals surface area contributed by atoms with E-state index in [9.17, 15) is 13.2 Å². The molecule has 0 fully saturated rings. The Balaban J connectivity index is 2.10. The quantitative estimate of drug-likeness (QED) is 0.672. The Labute approximate surface area is 119 Å². The van der Waals surface area contributed by atoms with Crippen LogP contribution in [0.2, 0.25) is 0 Å². The summed E-state index contributed by atoms with van der Waals surface area (Å²) < 4.78 is 38.6. The molecule has 2 aromatic rings. The Morgan fingerprint density at radius 3 is 2.48 bits per heavy atom. The maximum Gasteiger partial charge on any atom is 0.435 e. The van der Waals surface area contributed by atoms with Gasteiger partial charge in [-0.05, 0) is 23.8 Å². The summed E-state index contributed by atoms with van der Waals surface area (Å²) in [5, 5.41) is 6.39. The van der Waals surface area contributed by atoms with Crippen molar-refractivity contribution in [3.63, 3.8) is 0 Å². The fourth-order valence-electron chi connectivity index (χ4n) is 1.66. The molecule has 21 heavy (non-hydrogen) atoms. The minimum atomic E-state index is -4.44. The predicted molar refractivity (Wildman–Crippen MR) is 73.0 cm³/mol. The van der Waals surface area contributed by atoms with Gasteiger partial charge in [-0.15, -0.1) is 0 Å². The molecule has 112 valence electrons. The maximum atomic E-state index is 12.5. The molecule has 2 rings (SSSR count). The van der Waals surface area contributed by atoms with Crippen LogP contribution in [0.1, 0.15) is 11.3 Å². The second-order valence-corrected chi connectivity index (χ2v) is 4.27. The van der Waals surface area contributed by atoms with Crippen LogP contribution in [0.25, 0.3) is 5.69 Å². The van der Waals surface area contributed by atoms with Crippen LogP contribution in [0.3, 0.4) is 0 Å². The summed E-state index contributed by atoms with van der Waals surface area (Å²) in [5.41, 5.74) is 6.06. The standard InChI is InChI=1S/C13H14F3N5/c1-18-12(17)19-8-9-2-4-10(5-3-9)21-7-6-11(20-21)13(14,15)16/h2-7H,8H2,1H3,(H3,17,18,19). The van der Waals surface area contributed by atoms with Gasteiger partial charge in [0.25, 0.3) is 0 Å². The number of guanidine groups is 1. The Bertz CT molecular complexity index is 628. The zero-order chi connectivity index (χ0) is 15.5. The van der Waals surface area contributed by atoms with Crippen molar-refractivity contribution in [2.45, 2.75) is 12.7 Å². The highest BCUT2D eigenvalue weighted by molar-refractivity contribution is 5.77. The highest BCUT2D eigenvalue weighted by Crippen LogP contribution is 2.27. The minimum Gasteiger partial charge on any atom is -0.370 e. The average molecular weight is 297 g/mol. The minimum absolute atomic E-state index is 0.320. The van der Waals surface area contributed by atoms with Crippen molar-refractivity contribution >= 4 is 5.96 Å². The monoisotopic (exact) mass is 297 g/mol. The van der Waals surface area contributed by atoms with E-state index in [4.69, 9.17) is 5.73 Å². The van der Waals surface area contributed by atoms with Gasteiger partial charge in [0, 0.05) is 19.8 Å². The second-order valence-electron chi connectivity index (χ2n) is 4.27. The SMILES string of the molecule is CN=C(N)NCc1ccc(-n2ccc(C(F)(F)F)n2)cc1. The number of hydrogen-bond donors (Lipinski definition) is 2. The van der Waals surface area contributed by atoms with Gasteiger partial charge in [-0.1, -0.05) is 12.1 Å². The van der Waals surface area contributed by atoms with Crippen molar-refractivity contribution in [3.05, 3.63) is 47.8 Å². The number of aromatic nitrogens is 2. The first kappa shape index (κ1) is 14.9. The van der Waals surface area contributed by atoms with Crippen molar-refractivity contribution in [3.8, 4) is 5.69 Å². The van der Waals surface area contributed by atoms with Crippen molar-refractivity contribution in [1.29, 1.82) is 0 Å². The molecule has 0 aliphatic carbocycles. The Morgan fingerprint density at radius 2 is 1.95 bits per heavy atom. The molecule has 3 N–H and O–H groups in total. The number of nitrogens with two attached hydrogens (primary N) is 1. The van der Waals surface area contributed by atoms with Gasteiger partial charge in [-0.3, -0.25) is 4.99 Å². The fraction of sp³-hybridized carbons (Fsp3) is 0.231. The Kier molecular flexibility index (Phi) is 4.15. The molecule has 0 spiro atoms. The van der Waals surface area contributed by atoms with E-state index < -0.39 is 11.9 Å². The van der Waals surface area contributed by atoms with Crippen molar-refractivity contribution in [2.75, 3.05) is 7.05 Å². The van der Waals surface area contributed by atoms with Crippen LogP contribution in [0.4, 0.5) is 13.2 Å². The first-order valence-electron chi connectivity index (χ1n) is 6.08. The van der Waals surface area contributed by atoms with Gasteiger partial charge in [0.1, 0.15) is 0 Å². The molecule has 1 heterocycles. The number of aliphatic imine (C=N–C) groups is 1. The maximum absolute atomic E-state index is 12.5. The number of nitrogens with one attached hydrogen (secondary N) is 1. The molecule has 5 nitrogen and oxygen atoms in total. The highest BCUT2D eigenvalue weighted by atomic mass is 19.4. The van der Waals surface area contributed by atoms with Crippen LogP contribution in [0.15, 0.2) is 41.5 Å². The molecule has 0 radical (unpaired) electrons. The van der Waals surface area contributed by atoms with Gasteiger partial charge in [-0.25, -0.2) is 4.68 Å². The molecular weight excluding hydrogens is 283 g/mol. The van der Waals surface area contributed by atoms with Crippen LogP contribution < -0.4 is 11.1 Å². The lowest BCUT2D eigenvalue weighted by molar-refractivity contribution is -0.141. The van der Waals surface area contributed by atoms with E-state index in [1.54, 1.807) is 31.3 Å². The van der Waals surface area contributed by atoms with Crippen molar-refractivity contribution < 1.29 is 13.2 Å². The largest absolute Gasteiger partial charge is 0.435 e. The zero-order valence-corrected chi connectivity index (χ0v) is 11.2. The Morgan fingerprint density at radius 1 is 1.29 bits per heavy atom. The third-order valence-electron chi connectivity index (χ3n) is 2.79. The lowest BCUT2D eigenvalue weighted by Gasteiger charge is -2.07. The lowest BCUT2D eigenvalue weighted by atomic mass is 10.2. The third-order valence-corrected chi connectivity index (χ3v) is 2.79. The number of alkyl halides is 3. The van der Waals surface area contributed by atoms with Crippen LogP contribution in [0, 0.1) is 0 Å². The van der Waals surface area contributed by atoms with Crippen LogP contribution in [0.5, 0.6) is 0 Å². The molecule has 0 amide bonds. The number of hydrogen-bond acceptors (Lipinski definition) is 2. The van der Waals surface area contributed by atoms with Gasteiger partial charge in [0.15, 0.2) is 11.7 Å². The number of halogens is 3. The average Bonchev–Trinajstić information content (AvgIpc) is 2.95. The molecular formula is C13H14F3N5. The van der Waals surface area contributed by atoms with Crippen LogP contribution in [-0.2, 0) is 12.7 Å². The number of nitrogens with zero attached hydrogens (tertiary/aromatic N) is 3. The third kappa shape index (κ3) is 3.74. The number of benzene rings is 1. The molecule has 0 bridgehead atoms. The molecule has 0 saturated heterocycles. The van der Waals surface area contributed by atoms with Gasteiger partial charge < -0.3 is 11.1 Å². The molecule has 0 saturated carbocycles. The van der Waals surface area contributed by atoms with E-state index in [1.807, 2.05) is 0 Å². The van der Waals surface area contributed by atoms with Gasteiger partial charge in [0.05, 0.1) is 5.69 Å².